The number of rotatable bonds is 4. The predicted molar refractivity (Wildman–Crippen MR) is 96.9 cm³/mol. The molecule has 2 rings (SSSR count). The molecule has 0 aromatic carbocycles. The summed E-state index contributed by atoms with van der Waals surface area (Å²) in [6.45, 7) is 4.97. The van der Waals surface area contributed by atoms with Crippen LogP contribution in [0.1, 0.15) is 19.5 Å². The second kappa shape index (κ2) is 7.13. The summed E-state index contributed by atoms with van der Waals surface area (Å²) < 4.78 is 2.86. The normalized spacial score (nSPS) is 10.7. The first-order valence-electron chi connectivity index (χ1n) is 6.18. The van der Waals surface area contributed by atoms with E-state index in [0.29, 0.717) is 5.82 Å². The van der Waals surface area contributed by atoms with Gasteiger partial charge in [-0.1, -0.05) is 6.92 Å². The van der Waals surface area contributed by atoms with Crippen molar-refractivity contribution in [2.45, 2.75) is 20.3 Å². The average Bonchev–Trinajstić information content (AvgIpc) is 2.41. The molecular weight excluding hydrogens is 499 g/mol. The second-order valence-electron chi connectivity index (χ2n) is 4.02. The molecule has 20 heavy (non-hydrogen) atoms. The minimum atomic E-state index is 0.637. The van der Waals surface area contributed by atoms with E-state index >= 15 is 0 Å². The first-order chi connectivity index (χ1) is 9.56. The van der Waals surface area contributed by atoms with E-state index in [1.165, 1.54) is 0 Å². The van der Waals surface area contributed by atoms with Gasteiger partial charge in [-0.2, -0.15) is 0 Å². The third-order valence-electron chi connectivity index (χ3n) is 2.62. The summed E-state index contributed by atoms with van der Waals surface area (Å²) in [6, 6.07) is 1.95. The molecule has 0 amide bonds. The number of hydrogen-bond acceptors (Lipinski definition) is 4. The lowest BCUT2D eigenvalue weighted by molar-refractivity contribution is 0.975. The minimum Gasteiger partial charge on any atom is -0.369 e. The van der Waals surface area contributed by atoms with Crippen molar-refractivity contribution in [1.29, 1.82) is 0 Å². The van der Waals surface area contributed by atoms with Crippen molar-refractivity contribution in [2.75, 3.05) is 11.9 Å². The average molecular weight is 512 g/mol. The van der Waals surface area contributed by atoms with Crippen LogP contribution in [0.2, 0.25) is 0 Å². The molecule has 0 unspecified atom stereocenters. The Hall–Kier alpha value is -0.280. The maximum absolute atomic E-state index is 4.63. The minimum absolute atomic E-state index is 0.637. The van der Waals surface area contributed by atoms with Crippen molar-refractivity contribution in [1.82, 2.24) is 15.0 Å². The molecule has 106 valence electrons. The van der Waals surface area contributed by atoms with Crippen molar-refractivity contribution in [3.63, 3.8) is 0 Å². The second-order valence-corrected chi connectivity index (χ2v) is 6.87. The first-order valence-corrected chi connectivity index (χ1v) is 8.85. The Kier molecular flexibility index (Phi) is 5.74. The Morgan fingerprint density at radius 3 is 2.60 bits per heavy atom. The van der Waals surface area contributed by atoms with Gasteiger partial charge in [0.05, 0.1) is 9.26 Å². The number of nitrogens with one attached hydrogen (secondary N) is 1. The fourth-order valence-electron chi connectivity index (χ4n) is 1.70. The van der Waals surface area contributed by atoms with E-state index in [4.69, 9.17) is 0 Å². The topological polar surface area (TPSA) is 50.7 Å². The van der Waals surface area contributed by atoms with E-state index < -0.39 is 0 Å². The summed E-state index contributed by atoms with van der Waals surface area (Å²) in [5.41, 5.74) is 1.78. The summed E-state index contributed by atoms with van der Waals surface area (Å²) in [7, 11) is 0. The molecule has 0 bridgehead atoms. The lowest BCUT2D eigenvalue weighted by Crippen LogP contribution is -2.08. The fraction of sp³-hybridized carbons (Fsp3) is 0.308. The number of aryl methyl sites for hydroxylation is 1. The third-order valence-corrected chi connectivity index (χ3v) is 4.79. The highest BCUT2D eigenvalue weighted by atomic mass is 127. The highest BCUT2D eigenvalue weighted by Crippen LogP contribution is 2.29. The van der Waals surface area contributed by atoms with Gasteiger partial charge < -0.3 is 5.32 Å². The van der Waals surface area contributed by atoms with Crippen LogP contribution in [0.25, 0.3) is 11.5 Å². The van der Waals surface area contributed by atoms with Crippen molar-refractivity contribution in [3.05, 3.63) is 30.5 Å². The van der Waals surface area contributed by atoms with Crippen LogP contribution in [-0.4, -0.2) is 21.5 Å². The Bertz CT molecular complexity index is 634. The first kappa shape index (κ1) is 16.1. The summed E-state index contributed by atoms with van der Waals surface area (Å²) in [5.74, 6) is 1.50. The van der Waals surface area contributed by atoms with Gasteiger partial charge in [-0.3, -0.25) is 4.98 Å². The summed E-state index contributed by atoms with van der Waals surface area (Å²) >= 11 is 9.21. The third kappa shape index (κ3) is 3.48. The zero-order valence-electron chi connectivity index (χ0n) is 11.0. The molecule has 0 spiro atoms. The lowest BCUT2D eigenvalue weighted by Gasteiger charge is -2.11. The zero-order chi connectivity index (χ0) is 14.7. The Morgan fingerprint density at radius 1 is 1.25 bits per heavy atom. The molecule has 0 aliphatic rings. The molecule has 0 fully saturated rings. The van der Waals surface area contributed by atoms with Gasteiger partial charge in [0.1, 0.15) is 11.5 Å². The number of halogens is 3. The van der Waals surface area contributed by atoms with E-state index in [-0.39, 0.29) is 0 Å². The smallest absolute Gasteiger partial charge is 0.181 e. The summed E-state index contributed by atoms with van der Waals surface area (Å²) in [6.07, 6.45) is 2.61. The van der Waals surface area contributed by atoms with Crippen molar-refractivity contribution >= 4 is 60.3 Å². The van der Waals surface area contributed by atoms with Gasteiger partial charge >= 0.3 is 0 Å². The molecule has 2 aromatic rings. The van der Waals surface area contributed by atoms with Gasteiger partial charge in [0.25, 0.3) is 0 Å². The van der Waals surface area contributed by atoms with Crippen LogP contribution in [0, 0.1) is 3.57 Å². The Balaban J connectivity index is 2.58. The largest absolute Gasteiger partial charge is 0.369 e. The van der Waals surface area contributed by atoms with Crippen LogP contribution in [0.4, 0.5) is 5.82 Å². The molecule has 2 aromatic heterocycles. The Morgan fingerprint density at radius 2 is 2.00 bits per heavy atom. The molecule has 0 atom stereocenters. The molecule has 0 aliphatic carbocycles. The predicted octanol–water partition coefficient (Wildman–Crippen LogP) is 4.66. The van der Waals surface area contributed by atoms with Crippen molar-refractivity contribution < 1.29 is 0 Å². The molecule has 0 saturated carbocycles. The van der Waals surface area contributed by atoms with Gasteiger partial charge in [-0.15, -0.1) is 0 Å². The lowest BCUT2D eigenvalue weighted by atomic mass is 10.3. The molecule has 4 nitrogen and oxygen atoms in total. The van der Waals surface area contributed by atoms with Gasteiger partial charge in [0, 0.05) is 21.7 Å². The van der Waals surface area contributed by atoms with Gasteiger partial charge in [0.15, 0.2) is 5.82 Å². The highest BCUT2D eigenvalue weighted by molar-refractivity contribution is 14.1. The van der Waals surface area contributed by atoms with Gasteiger partial charge in [0.2, 0.25) is 0 Å². The van der Waals surface area contributed by atoms with E-state index in [9.17, 15) is 0 Å². The van der Waals surface area contributed by atoms with Crippen LogP contribution in [0.15, 0.2) is 21.2 Å². The molecule has 1 N–H and O–H groups in total. The van der Waals surface area contributed by atoms with E-state index in [0.717, 1.165) is 42.7 Å². The SMILES string of the molecule is CCNc1nc(-c2ncc(Br)cc2Br)nc(CC)c1I. The van der Waals surface area contributed by atoms with E-state index in [1.54, 1.807) is 6.20 Å². The monoisotopic (exact) mass is 510 g/mol. The quantitative estimate of drug-likeness (QED) is 0.607. The van der Waals surface area contributed by atoms with Crippen LogP contribution in [0.3, 0.4) is 0 Å². The maximum Gasteiger partial charge on any atom is 0.181 e. The summed E-state index contributed by atoms with van der Waals surface area (Å²) in [5, 5.41) is 3.28. The number of pyridine rings is 1. The highest BCUT2D eigenvalue weighted by Gasteiger charge is 2.15. The van der Waals surface area contributed by atoms with Crippen molar-refractivity contribution in [2.24, 2.45) is 0 Å². The van der Waals surface area contributed by atoms with Crippen LogP contribution in [0.5, 0.6) is 0 Å². The van der Waals surface area contributed by atoms with Crippen LogP contribution >= 0.6 is 54.5 Å². The molecule has 0 saturated heterocycles. The molecular formula is C13H13Br2IN4. The molecule has 0 aliphatic heterocycles. The molecule has 0 radical (unpaired) electrons. The van der Waals surface area contributed by atoms with Gasteiger partial charge in [-0.05, 0) is 73.9 Å². The zero-order valence-corrected chi connectivity index (χ0v) is 16.4. The van der Waals surface area contributed by atoms with Crippen LogP contribution in [-0.2, 0) is 6.42 Å². The van der Waals surface area contributed by atoms with Crippen LogP contribution < -0.4 is 5.32 Å². The fourth-order valence-corrected chi connectivity index (χ4v) is 3.68. The van der Waals surface area contributed by atoms with Gasteiger partial charge in [-0.25, -0.2) is 9.97 Å². The summed E-state index contributed by atoms with van der Waals surface area (Å²) in [4.78, 5) is 13.6. The molecule has 7 heteroatoms. The number of hydrogen-bond donors (Lipinski definition) is 1. The number of nitrogens with zero attached hydrogens (tertiary/aromatic N) is 3. The standard InChI is InChI=1S/C13H13Br2IN4/c1-3-9-10(16)12(17-4-2)20-13(19-9)11-8(15)5-7(14)6-18-11/h5-6H,3-4H2,1-2H3,(H,17,19,20). The number of aromatic nitrogens is 3. The number of anilines is 1. The van der Waals surface area contributed by atoms with E-state index in [1.807, 2.05) is 6.07 Å². The molecule has 2 heterocycles. The van der Waals surface area contributed by atoms with Crippen molar-refractivity contribution in [3.8, 4) is 11.5 Å². The van der Waals surface area contributed by atoms with E-state index in [2.05, 4.69) is 88.6 Å². The maximum atomic E-state index is 4.63. The Labute approximate surface area is 148 Å².